The van der Waals surface area contributed by atoms with E-state index in [1.54, 1.807) is 19.1 Å². The SMILES string of the molecule is Cc1onc2c(=O)n(CC(=O)NCCN3CCCCC3)nc(-c3ccc(Cl)cc3)c12. The zero-order valence-corrected chi connectivity index (χ0v) is 17.6. The first-order valence-corrected chi connectivity index (χ1v) is 10.5. The first kappa shape index (κ1) is 20.6. The van der Waals surface area contributed by atoms with Gasteiger partial charge in [-0.3, -0.25) is 9.59 Å². The number of carbonyl (C=O) groups is 1. The van der Waals surface area contributed by atoms with Gasteiger partial charge < -0.3 is 14.7 Å². The van der Waals surface area contributed by atoms with Crippen LogP contribution in [-0.4, -0.2) is 51.9 Å². The van der Waals surface area contributed by atoms with Gasteiger partial charge in [-0.1, -0.05) is 35.3 Å². The first-order chi connectivity index (χ1) is 14.5. The first-order valence-electron chi connectivity index (χ1n) is 10.1. The van der Waals surface area contributed by atoms with Crippen LogP contribution in [0.1, 0.15) is 25.0 Å². The van der Waals surface area contributed by atoms with Crippen molar-refractivity contribution in [2.45, 2.75) is 32.7 Å². The standard InChI is InChI=1S/C21H24ClN5O3/c1-14-18-19(15-5-7-16(22)8-6-15)24-27(21(29)20(18)25-30-14)13-17(28)23-9-12-26-10-3-2-4-11-26/h5-8H,2-4,9-13H2,1H3,(H,23,28). The molecule has 1 aliphatic heterocycles. The van der Waals surface area contributed by atoms with Gasteiger partial charge in [0, 0.05) is 23.7 Å². The highest BCUT2D eigenvalue weighted by Gasteiger charge is 2.20. The summed E-state index contributed by atoms with van der Waals surface area (Å²) in [5.74, 6) is 0.237. The smallest absolute Gasteiger partial charge is 0.297 e. The molecule has 158 valence electrons. The van der Waals surface area contributed by atoms with Gasteiger partial charge in [0.1, 0.15) is 18.0 Å². The minimum atomic E-state index is -0.453. The molecule has 1 N–H and O–H groups in total. The molecule has 1 saturated heterocycles. The summed E-state index contributed by atoms with van der Waals surface area (Å²) in [6, 6.07) is 7.11. The van der Waals surface area contributed by atoms with Crippen molar-refractivity contribution >= 4 is 28.4 Å². The van der Waals surface area contributed by atoms with Crippen molar-refractivity contribution in [3.8, 4) is 11.3 Å². The fourth-order valence-corrected chi connectivity index (χ4v) is 3.91. The lowest BCUT2D eigenvalue weighted by molar-refractivity contribution is -0.121. The number of nitrogens with one attached hydrogen (secondary N) is 1. The fourth-order valence-electron chi connectivity index (χ4n) is 3.78. The third-order valence-corrected chi connectivity index (χ3v) is 5.62. The Labute approximate surface area is 178 Å². The Morgan fingerprint density at radius 1 is 1.20 bits per heavy atom. The van der Waals surface area contributed by atoms with Gasteiger partial charge >= 0.3 is 0 Å². The van der Waals surface area contributed by atoms with Gasteiger partial charge in [0.2, 0.25) is 5.91 Å². The van der Waals surface area contributed by atoms with Gasteiger partial charge in [0.25, 0.3) is 5.56 Å². The highest BCUT2D eigenvalue weighted by Crippen LogP contribution is 2.28. The minimum Gasteiger partial charge on any atom is -0.360 e. The van der Waals surface area contributed by atoms with Gasteiger partial charge in [0.05, 0.1) is 5.39 Å². The summed E-state index contributed by atoms with van der Waals surface area (Å²) in [7, 11) is 0. The van der Waals surface area contributed by atoms with Crippen molar-refractivity contribution in [3.63, 3.8) is 0 Å². The number of piperidine rings is 1. The van der Waals surface area contributed by atoms with Crippen LogP contribution in [-0.2, 0) is 11.3 Å². The van der Waals surface area contributed by atoms with E-state index in [1.807, 2.05) is 12.1 Å². The van der Waals surface area contributed by atoms with Crippen LogP contribution in [0.15, 0.2) is 33.6 Å². The predicted octanol–water partition coefficient (Wildman–Crippen LogP) is 2.62. The minimum absolute atomic E-state index is 0.161. The van der Waals surface area contributed by atoms with Crippen LogP contribution in [0.2, 0.25) is 5.02 Å². The maximum atomic E-state index is 12.8. The number of rotatable bonds is 6. The number of amides is 1. The molecule has 8 nitrogen and oxygen atoms in total. The van der Waals surface area contributed by atoms with E-state index < -0.39 is 5.56 Å². The molecule has 1 aromatic carbocycles. The third kappa shape index (κ3) is 4.39. The van der Waals surface area contributed by atoms with E-state index in [-0.39, 0.29) is 18.0 Å². The Morgan fingerprint density at radius 2 is 1.93 bits per heavy atom. The zero-order valence-electron chi connectivity index (χ0n) is 16.9. The van der Waals surface area contributed by atoms with Gasteiger partial charge in [0.15, 0.2) is 5.52 Å². The molecule has 0 saturated carbocycles. The van der Waals surface area contributed by atoms with Gasteiger partial charge in [-0.25, -0.2) is 4.68 Å². The van der Waals surface area contributed by atoms with E-state index in [4.69, 9.17) is 16.1 Å². The number of nitrogens with zero attached hydrogens (tertiary/aromatic N) is 4. The number of hydrogen-bond donors (Lipinski definition) is 1. The van der Waals surface area contributed by atoms with E-state index in [2.05, 4.69) is 20.5 Å². The lowest BCUT2D eigenvalue weighted by Gasteiger charge is -2.26. The Bertz CT molecular complexity index is 1100. The number of hydrogen-bond acceptors (Lipinski definition) is 6. The van der Waals surface area contributed by atoms with E-state index in [9.17, 15) is 9.59 Å². The third-order valence-electron chi connectivity index (χ3n) is 5.37. The Kier molecular flexibility index (Phi) is 6.15. The molecule has 0 radical (unpaired) electrons. The second-order valence-electron chi connectivity index (χ2n) is 7.53. The molecular weight excluding hydrogens is 406 g/mol. The largest absolute Gasteiger partial charge is 0.360 e. The highest BCUT2D eigenvalue weighted by molar-refractivity contribution is 6.30. The Morgan fingerprint density at radius 3 is 2.67 bits per heavy atom. The number of fused-ring (bicyclic) bond motifs is 1. The molecule has 30 heavy (non-hydrogen) atoms. The number of carbonyl (C=O) groups excluding carboxylic acids is 1. The number of halogens is 1. The number of aryl methyl sites for hydroxylation is 1. The van der Waals surface area contributed by atoms with Gasteiger partial charge in [-0.05, 0) is 45.0 Å². The van der Waals surface area contributed by atoms with Crippen LogP contribution in [0.3, 0.4) is 0 Å². The number of likely N-dealkylation sites (tertiary alicyclic amines) is 1. The monoisotopic (exact) mass is 429 g/mol. The molecule has 0 unspecified atom stereocenters. The average molecular weight is 430 g/mol. The fraction of sp³-hybridized carbons (Fsp3) is 0.429. The molecule has 0 atom stereocenters. The molecule has 0 aliphatic carbocycles. The summed E-state index contributed by atoms with van der Waals surface area (Å²) >= 11 is 5.99. The van der Waals surface area contributed by atoms with Crippen molar-refractivity contribution in [1.82, 2.24) is 25.2 Å². The van der Waals surface area contributed by atoms with Crippen LogP contribution in [0.25, 0.3) is 22.2 Å². The van der Waals surface area contributed by atoms with Crippen LogP contribution in [0.5, 0.6) is 0 Å². The van der Waals surface area contributed by atoms with E-state index in [0.29, 0.717) is 28.4 Å². The van der Waals surface area contributed by atoms with Crippen molar-refractivity contribution < 1.29 is 9.32 Å². The molecule has 1 amide bonds. The molecule has 2 aromatic heterocycles. The molecule has 0 spiro atoms. The summed E-state index contributed by atoms with van der Waals surface area (Å²) in [5.41, 5.74) is 0.996. The lowest BCUT2D eigenvalue weighted by Crippen LogP contribution is -2.40. The Balaban J connectivity index is 1.55. The molecule has 0 bridgehead atoms. The van der Waals surface area contributed by atoms with Crippen molar-refractivity contribution in [2.75, 3.05) is 26.2 Å². The molecule has 1 aliphatic rings. The topological polar surface area (TPSA) is 93.3 Å². The normalized spacial score (nSPS) is 14.9. The lowest BCUT2D eigenvalue weighted by atomic mass is 10.1. The number of aromatic nitrogens is 3. The molecule has 3 heterocycles. The average Bonchev–Trinajstić information content (AvgIpc) is 3.14. The maximum absolute atomic E-state index is 12.8. The van der Waals surface area contributed by atoms with Crippen LogP contribution in [0.4, 0.5) is 0 Å². The van der Waals surface area contributed by atoms with Gasteiger partial charge in [-0.2, -0.15) is 5.10 Å². The Hall–Kier alpha value is -2.71. The molecule has 9 heteroatoms. The quantitative estimate of drug-likeness (QED) is 0.647. The van der Waals surface area contributed by atoms with Crippen LogP contribution >= 0.6 is 11.6 Å². The predicted molar refractivity (Wildman–Crippen MR) is 115 cm³/mol. The van der Waals surface area contributed by atoms with E-state index in [1.165, 1.54) is 19.3 Å². The van der Waals surface area contributed by atoms with Crippen molar-refractivity contribution in [1.29, 1.82) is 0 Å². The molecule has 4 rings (SSSR count). The highest BCUT2D eigenvalue weighted by atomic mass is 35.5. The summed E-state index contributed by atoms with van der Waals surface area (Å²) in [6.45, 7) is 5.05. The zero-order chi connectivity index (χ0) is 21.1. The van der Waals surface area contributed by atoms with E-state index in [0.717, 1.165) is 29.9 Å². The summed E-state index contributed by atoms with van der Waals surface area (Å²) in [6.07, 6.45) is 3.69. The van der Waals surface area contributed by atoms with E-state index >= 15 is 0 Å². The van der Waals surface area contributed by atoms with Crippen LogP contribution < -0.4 is 10.9 Å². The van der Waals surface area contributed by atoms with Crippen molar-refractivity contribution in [2.24, 2.45) is 0 Å². The molecule has 1 fully saturated rings. The maximum Gasteiger partial charge on any atom is 0.297 e. The van der Waals surface area contributed by atoms with Crippen molar-refractivity contribution in [3.05, 3.63) is 45.4 Å². The molecular formula is C21H24ClN5O3. The summed E-state index contributed by atoms with van der Waals surface area (Å²) < 4.78 is 6.38. The second kappa shape index (κ2) is 8.97. The molecule has 3 aromatic rings. The van der Waals surface area contributed by atoms with Crippen LogP contribution in [0, 0.1) is 6.92 Å². The summed E-state index contributed by atoms with van der Waals surface area (Å²) in [5, 5.41) is 12.4. The van der Waals surface area contributed by atoms with Gasteiger partial charge in [-0.15, -0.1) is 0 Å². The summed E-state index contributed by atoms with van der Waals surface area (Å²) in [4.78, 5) is 27.6. The second-order valence-corrected chi connectivity index (χ2v) is 7.97. The number of benzene rings is 1.